The predicted molar refractivity (Wildman–Crippen MR) is 99.9 cm³/mol. The van der Waals surface area contributed by atoms with Crippen molar-refractivity contribution in [2.24, 2.45) is 0 Å². The zero-order chi connectivity index (χ0) is 16.6. The van der Waals surface area contributed by atoms with Crippen LogP contribution in [0.3, 0.4) is 0 Å². The van der Waals surface area contributed by atoms with Gasteiger partial charge in [-0.2, -0.15) is 5.10 Å². The molecule has 0 aliphatic heterocycles. The zero-order valence-electron chi connectivity index (χ0n) is 13.7. The van der Waals surface area contributed by atoms with Crippen LogP contribution in [0.1, 0.15) is 36.2 Å². The summed E-state index contributed by atoms with van der Waals surface area (Å²) in [5.41, 5.74) is 5.96. The van der Waals surface area contributed by atoms with Gasteiger partial charge in [0.15, 0.2) is 0 Å². The maximum atomic E-state index is 4.49. The van der Waals surface area contributed by atoms with Crippen LogP contribution in [0, 0.1) is 6.92 Å². The number of aryl methyl sites for hydroxylation is 1. The van der Waals surface area contributed by atoms with Crippen LogP contribution in [0.25, 0.3) is 11.3 Å². The molecule has 2 aromatic heterocycles. The number of aromatic nitrogens is 3. The van der Waals surface area contributed by atoms with Crippen molar-refractivity contribution >= 4 is 15.9 Å². The molecule has 0 amide bonds. The van der Waals surface area contributed by atoms with E-state index in [0.29, 0.717) is 0 Å². The van der Waals surface area contributed by atoms with Gasteiger partial charge < -0.3 is 0 Å². The average molecular weight is 382 g/mol. The first-order valence-electron chi connectivity index (χ1n) is 8.38. The van der Waals surface area contributed by atoms with Crippen LogP contribution in [0.2, 0.25) is 0 Å². The molecule has 24 heavy (non-hydrogen) atoms. The van der Waals surface area contributed by atoms with Gasteiger partial charge in [-0.3, -0.25) is 10.1 Å². The maximum Gasteiger partial charge on any atom is 0.0939 e. The third-order valence-corrected chi connectivity index (χ3v) is 5.66. The number of benzene rings is 1. The maximum absolute atomic E-state index is 4.49. The second kappa shape index (κ2) is 6.17. The number of hydrogen-bond acceptors (Lipinski definition) is 2. The lowest BCUT2D eigenvalue weighted by Crippen LogP contribution is -2.36. The lowest BCUT2D eigenvalue weighted by Gasteiger charge is -2.42. The number of H-pyrrole nitrogens is 1. The van der Waals surface area contributed by atoms with Gasteiger partial charge in [0, 0.05) is 33.0 Å². The van der Waals surface area contributed by atoms with Gasteiger partial charge in [0.25, 0.3) is 0 Å². The Hall–Kier alpha value is -1.94. The molecule has 1 fully saturated rings. The Balaban J connectivity index is 1.58. The van der Waals surface area contributed by atoms with E-state index < -0.39 is 0 Å². The van der Waals surface area contributed by atoms with Crippen molar-refractivity contribution in [3.63, 3.8) is 0 Å². The highest BCUT2D eigenvalue weighted by molar-refractivity contribution is 9.10. The van der Waals surface area contributed by atoms with Gasteiger partial charge >= 0.3 is 0 Å². The second-order valence-corrected chi connectivity index (χ2v) is 7.70. The van der Waals surface area contributed by atoms with Crippen molar-refractivity contribution in [1.29, 1.82) is 0 Å². The topological polar surface area (TPSA) is 41.6 Å². The first kappa shape index (κ1) is 15.6. The van der Waals surface area contributed by atoms with Crippen molar-refractivity contribution in [1.82, 2.24) is 15.2 Å². The molecule has 0 spiro atoms. The fourth-order valence-corrected chi connectivity index (χ4v) is 3.82. The van der Waals surface area contributed by atoms with Crippen molar-refractivity contribution in [3.8, 4) is 11.3 Å². The van der Waals surface area contributed by atoms with Crippen LogP contribution in [0.15, 0.2) is 53.1 Å². The Bertz CT molecular complexity index is 830. The quantitative estimate of drug-likeness (QED) is 0.673. The van der Waals surface area contributed by atoms with Gasteiger partial charge in [-0.25, -0.2) is 0 Å². The van der Waals surface area contributed by atoms with Crippen molar-refractivity contribution < 1.29 is 0 Å². The van der Waals surface area contributed by atoms with E-state index in [1.165, 1.54) is 30.5 Å². The summed E-state index contributed by atoms with van der Waals surface area (Å²) in [6.45, 7) is 2.00. The fourth-order valence-electron chi connectivity index (χ4n) is 3.56. The molecule has 1 saturated carbocycles. The van der Waals surface area contributed by atoms with Crippen LogP contribution in [-0.2, 0) is 11.8 Å². The minimum Gasteiger partial charge on any atom is -0.282 e. The van der Waals surface area contributed by atoms with E-state index in [1.54, 1.807) is 0 Å². The number of nitrogens with zero attached hydrogens (tertiary/aromatic N) is 2. The normalized spacial score (nSPS) is 15.9. The van der Waals surface area contributed by atoms with Crippen molar-refractivity contribution in [2.75, 3.05) is 0 Å². The van der Waals surface area contributed by atoms with Gasteiger partial charge in [-0.05, 0) is 62.1 Å². The molecular formula is C20H20BrN3. The highest BCUT2D eigenvalue weighted by atomic mass is 79.9. The third kappa shape index (κ3) is 2.91. The molecule has 0 radical (unpaired) electrons. The van der Waals surface area contributed by atoms with Crippen molar-refractivity contribution in [2.45, 2.75) is 38.0 Å². The lowest BCUT2D eigenvalue weighted by molar-refractivity contribution is 0.239. The lowest BCUT2D eigenvalue weighted by atomic mass is 9.62. The summed E-state index contributed by atoms with van der Waals surface area (Å²) < 4.78 is 1.14. The fraction of sp³-hybridized carbons (Fsp3) is 0.300. The summed E-state index contributed by atoms with van der Waals surface area (Å²) in [5.74, 6) is 0. The Labute approximate surface area is 150 Å². The van der Waals surface area contributed by atoms with E-state index in [9.17, 15) is 0 Å². The molecule has 0 unspecified atom stereocenters. The largest absolute Gasteiger partial charge is 0.282 e. The van der Waals surface area contributed by atoms with E-state index in [4.69, 9.17) is 0 Å². The molecule has 2 heterocycles. The summed E-state index contributed by atoms with van der Waals surface area (Å²) in [4.78, 5) is 4.36. The number of pyridine rings is 1. The van der Waals surface area contributed by atoms with E-state index in [2.05, 4.69) is 67.5 Å². The Kier molecular flexibility index (Phi) is 4.01. The number of aromatic amines is 1. The van der Waals surface area contributed by atoms with Crippen LogP contribution in [0.5, 0.6) is 0 Å². The van der Waals surface area contributed by atoms with Crippen LogP contribution in [0.4, 0.5) is 0 Å². The number of rotatable bonds is 4. The first-order chi connectivity index (χ1) is 11.6. The van der Waals surface area contributed by atoms with E-state index in [-0.39, 0.29) is 5.41 Å². The molecule has 1 aromatic carbocycles. The van der Waals surface area contributed by atoms with Crippen molar-refractivity contribution in [3.05, 3.63) is 70.1 Å². The Morgan fingerprint density at radius 2 is 1.92 bits per heavy atom. The Morgan fingerprint density at radius 3 is 2.54 bits per heavy atom. The molecule has 3 nitrogen and oxygen atoms in total. The average Bonchev–Trinajstić information content (AvgIpc) is 3.01. The van der Waals surface area contributed by atoms with Crippen LogP contribution < -0.4 is 0 Å². The van der Waals surface area contributed by atoms with Gasteiger partial charge in [0.05, 0.1) is 5.69 Å². The number of halogens is 1. The third-order valence-electron chi connectivity index (χ3n) is 5.13. The summed E-state index contributed by atoms with van der Waals surface area (Å²) >= 11 is 3.53. The van der Waals surface area contributed by atoms with Gasteiger partial charge in [0.2, 0.25) is 0 Å². The smallest absolute Gasteiger partial charge is 0.0939 e. The van der Waals surface area contributed by atoms with Crippen LogP contribution in [-0.4, -0.2) is 15.2 Å². The standard InChI is InChI=1S/C20H20BrN3/c1-14-3-4-15(13-22-14)19-11-18(23-24-19)12-20(9-2-10-20)16-5-7-17(21)8-6-16/h3-8,11,13H,2,9-10,12H2,1H3,(H,23,24). The van der Waals surface area contributed by atoms with Gasteiger partial charge in [-0.15, -0.1) is 0 Å². The highest BCUT2D eigenvalue weighted by Crippen LogP contribution is 2.46. The van der Waals surface area contributed by atoms with Gasteiger partial charge in [0.1, 0.15) is 0 Å². The highest BCUT2D eigenvalue weighted by Gasteiger charge is 2.39. The molecule has 4 rings (SSSR count). The minimum atomic E-state index is 0.260. The summed E-state index contributed by atoms with van der Waals surface area (Å²) in [6.07, 6.45) is 6.70. The van der Waals surface area contributed by atoms with Gasteiger partial charge in [-0.1, -0.05) is 34.5 Å². The summed E-state index contributed by atoms with van der Waals surface area (Å²) in [6, 6.07) is 15.1. The molecule has 122 valence electrons. The second-order valence-electron chi connectivity index (χ2n) is 6.78. The predicted octanol–water partition coefficient (Wildman–Crippen LogP) is 5.21. The molecule has 1 aliphatic carbocycles. The minimum absolute atomic E-state index is 0.260. The number of hydrogen-bond donors (Lipinski definition) is 1. The molecule has 0 atom stereocenters. The molecule has 3 aromatic rings. The van der Waals surface area contributed by atoms with E-state index in [0.717, 1.165) is 27.8 Å². The van der Waals surface area contributed by atoms with E-state index >= 15 is 0 Å². The SMILES string of the molecule is Cc1ccc(-c2cc(CC3(c4ccc(Br)cc4)CCC3)[nH]n2)cn1. The van der Waals surface area contributed by atoms with E-state index in [1.807, 2.05) is 19.2 Å². The monoisotopic (exact) mass is 381 g/mol. The molecule has 0 bridgehead atoms. The molecule has 0 saturated heterocycles. The molecule has 4 heteroatoms. The molecule has 1 N–H and O–H groups in total. The van der Waals surface area contributed by atoms with Crippen LogP contribution >= 0.6 is 15.9 Å². The zero-order valence-corrected chi connectivity index (χ0v) is 15.3. The number of nitrogens with one attached hydrogen (secondary N) is 1. The molecule has 1 aliphatic rings. The Morgan fingerprint density at radius 1 is 1.12 bits per heavy atom. The molecular weight excluding hydrogens is 362 g/mol. The first-order valence-corrected chi connectivity index (χ1v) is 9.17. The summed E-state index contributed by atoms with van der Waals surface area (Å²) in [7, 11) is 0. The summed E-state index contributed by atoms with van der Waals surface area (Å²) in [5, 5.41) is 7.73.